The molecule has 19 heavy (non-hydrogen) atoms. The molecular weight excluding hydrogens is 240 g/mol. The third-order valence-electron chi connectivity index (χ3n) is 3.81. The van der Waals surface area contributed by atoms with E-state index < -0.39 is 0 Å². The number of hydrogen-bond donors (Lipinski definition) is 1. The van der Waals surface area contributed by atoms with Crippen molar-refractivity contribution in [3.63, 3.8) is 0 Å². The summed E-state index contributed by atoms with van der Waals surface area (Å²) in [6.45, 7) is 2.79. The quantitative estimate of drug-likeness (QED) is 0.909. The highest BCUT2D eigenvalue weighted by Crippen LogP contribution is 2.21. The molecule has 2 atom stereocenters. The second-order valence-corrected chi connectivity index (χ2v) is 5.24. The van der Waals surface area contributed by atoms with Gasteiger partial charge < -0.3 is 10.1 Å². The molecule has 1 fully saturated rings. The van der Waals surface area contributed by atoms with Crippen molar-refractivity contribution in [2.24, 2.45) is 0 Å². The summed E-state index contributed by atoms with van der Waals surface area (Å²) in [7, 11) is 1.80. The van der Waals surface area contributed by atoms with Gasteiger partial charge in [0, 0.05) is 43.7 Å². The minimum absolute atomic E-state index is 0.351. The molecule has 2 heterocycles. The van der Waals surface area contributed by atoms with Gasteiger partial charge in [0.15, 0.2) is 5.65 Å². The molecule has 0 radical (unpaired) electrons. The Morgan fingerprint density at radius 3 is 3.21 bits per heavy atom. The fraction of sp³-hybridized carbons (Fsp3) is 0.571. The van der Waals surface area contributed by atoms with Crippen molar-refractivity contribution in [1.29, 1.82) is 0 Å². The molecule has 0 bridgehead atoms. The maximum atomic E-state index is 5.49. The molecule has 5 nitrogen and oxygen atoms in total. The van der Waals surface area contributed by atoms with Gasteiger partial charge in [0.1, 0.15) is 0 Å². The molecule has 102 valence electrons. The first-order valence-corrected chi connectivity index (χ1v) is 6.83. The van der Waals surface area contributed by atoms with Crippen molar-refractivity contribution < 1.29 is 4.74 Å². The summed E-state index contributed by atoms with van der Waals surface area (Å²) < 4.78 is 7.33. The van der Waals surface area contributed by atoms with Crippen LogP contribution in [0.1, 0.15) is 30.5 Å². The first kappa shape index (κ1) is 12.6. The smallest absolute Gasteiger partial charge is 0.155 e. The molecule has 2 aromatic rings. The minimum Gasteiger partial charge on any atom is -0.380 e. The van der Waals surface area contributed by atoms with E-state index in [1.807, 2.05) is 29.9 Å². The topological polar surface area (TPSA) is 51.5 Å². The van der Waals surface area contributed by atoms with Crippen LogP contribution in [0, 0.1) is 6.92 Å². The van der Waals surface area contributed by atoms with E-state index in [4.69, 9.17) is 4.74 Å². The van der Waals surface area contributed by atoms with E-state index in [0.717, 1.165) is 29.9 Å². The van der Waals surface area contributed by atoms with E-state index in [1.165, 1.54) is 12.8 Å². The van der Waals surface area contributed by atoms with E-state index >= 15 is 0 Å². The Balaban J connectivity index is 1.67. The largest absolute Gasteiger partial charge is 0.380 e. The Hall–Kier alpha value is -1.46. The summed E-state index contributed by atoms with van der Waals surface area (Å²) in [5.41, 5.74) is 3.04. The van der Waals surface area contributed by atoms with E-state index in [0.29, 0.717) is 12.1 Å². The van der Waals surface area contributed by atoms with Crippen LogP contribution in [0.5, 0.6) is 0 Å². The van der Waals surface area contributed by atoms with Crippen LogP contribution >= 0.6 is 0 Å². The summed E-state index contributed by atoms with van der Waals surface area (Å²) in [5, 5.41) is 7.95. The standard InChI is InChI=1S/C14H20N4O/c1-10-6-14-16-8-11(9-18(14)17-10)7-15-12-4-3-5-13(12)19-2/h6,8-9,12-13,15H,3-5,7H2,1-2H3. The van der Waals surface area contributed by atoms with Crippen LogP contribution in [0.15, 0.2) is 18.5 Å². The summed E-state index contributed by atoms with van der Waals surface area (Å²) >= 11 is 0. The van der Waals surface area contributed by atoms with Gasteiger partial charge in [-0.2, -0.15) is 5.10 Å². The number of hydrogen-bond acceptors (Lipinski definition) is 4. The molecule has 0 aromatic carbocycles. The summed E-state index contributed by atoms with van der Waals surface area (Å²) in [5.74, 6) is 0. The van der Waals surface area contributed by atoms with Crippen molar-refractivity contribution in [2.45, 2.75) is 44.9 Å². The van der Waals surface area contributed by atoms with Crippen LogP contribution in [-0.2, 0) is 11.3 Å². The molecule has 2 aromatic heterocycles. The first-order chi connectivity index (χ1) is 9.26. The van der Waals surface area contributed by atoms with Crippen LogP contribution in [0.2, 0.25) is 0 Å². The lowest BCUT2D eigenvalue weighted by Crippen LogP contribution is -2.36. The lowest BCUT2D eigenvalue weighted by atomic mass is 10.2. The third-order valence-corrected chi connectivity index (χ3v) is 3.81. The molecule has 0 spiro atoms. The van der Waals surface area contributed by atoms with Crippen molar-refractivity contribution in [3.8, 4) is 0 Å². The van der Waals surface area contributed by atoms with Crippen molar-refractivity contribution >= 4 is 5.65 Å². The molecule has 1 aliphatic carbocycles. The first-order valence-electron chi connectivity index (χ1n) is 6.83. The van der Waals surface area contributed by atoms with Gasteiger partial charge in [0.25, 0.3) is 0 Å². The van der Waals surface area contributed by atoms with E-state index in [9.17, 15) is 0 Å². The van der Waals surface area contributed by atoms with Gasteiger partial charge >= 0.3 is 0 Å². The van der Waals surface area contributed by atoms with Crippen LogP contribution in [0.4, 0.5) is 0 Å². The van der Waals surface area contributed by atoms with Gasteiger partial charge in [0.05, 0.1) is 11.8 Å². The normalized spacial score (nSPS) is 23.3. The number of aryl methyl sites for hydroxylation is 1. The number of nitrogens with one attached hydrogen (secondary N) is 1. The fourth-order valence-corrected chi connectivity index (χ4v) is 2.82. The van der Waals surface area contributed by atoms with Gasteiger partial charge in [-0.3, -0.25) is 0 Å². The second kappa shape index (κ2) is 5.27. The molecule has 1 saturated carbocycles. The Kier molecular flexibility index (Phi) is 3.48. The Morgan fingerprint density at radius 1 is 1.47 bits per heavy atom. The van der Waals surface area contributed by atoms with E-state index in [-0.39, 0.29) is 0 Å². The van der Waals surface area contributed by atoms with Crippen LogP contribution in [0.25, 0.3) is 5.65 Å². The zero-order valence-corrected chi connectivity index (χ0v) is 11.5. The second-order valence-electron chi connectivity index (χ2n) is 5.24. The molecule has 2 unspecified atom stereocenters. The van der Waals surface area contributed by atoms with Gasteiger partial charge in [0.2, 0.25) is 0 Å². The number of ether oxygens (including phenoxy) is 1. The average Bonchev–Trinajstić information content (AvgIpc) is 3.00. The van der Waals surface area contributed by atoms with Crippen LogP contribution in [0.3, 0.4) is 0 Å². The Bertz CT molecular complexity index is 566. The van der Waals surface area contributed by atoms with Crippen molar-refractivity contribution in [1.82, 2.24) is 19.9 Å². The molecule has 0 aliphatic heterocycles. The molecular formula is C14H20N4O. The zero-order valence-electron chi connectivity index (χ0n) is 11.5. The van der Waals surface area contributed by atoms with Crippen LogP contribution in [-0.4, -0.2) is 33.9 Å². The summed E-state index contributed by atoms with van der Waals surface area (Å²) in [6, 6.07) is 2.44. The molecule has 1 aliphatic rings. The zero-order chi connectivity index (χ0) is 13.2. The van der Waals surface area contributed by atoms with Crippen molar-refractivity contribution in [2.75, 3.05) is 7.11 Å². The molecule has 1 N–H and O–H groups in total. The lowest BCUT2D eigenvalue weighted by molar-refractivity contribution is 0.0847. The van der Waals surface area contributed by atoms with E-state index in [1.54, 1.807) is 7.11 Å². The predicted octanol–water partition coefficient (Wildman–Crippen LogP) is 1.69. The number of nitrogens with zero attached hydrogens (tertiary/aromatic N) is 3. The van der Waals surface area contributed by atoms with E-state index in [2.05, 4.69) is 15.4 Å². The lowest BCUT2D eigenvalue weighted by Gasteiger charge is -2.19. The number of fused-ring (bicyclic) bond motifs is 1. The van der Waals surface area contributed by atoms with Gasteiger partial charge in [-0.25, -0.2) is 9.50 Å². The predicted molar refractivity (Wildman–Crippen MR) is 73.0 cm³/mol. The van der Waals surface area contributed by atoms with Gasteiger partial charge in [-0.1, -0.05) is 0 Å². The monoisotopic (exact) mass is 260 g/mol. The molecule has 0 amide bonds. The molecule has 3 rings (SSSR count). The number of methoxy groups -OCH3 is 1. The fourth-order valence-electron chi connectivity index (χ4n) is 2.82. The average molecular weight is 260 g/mol. The highest BCUT2D eigenvalue weighted by Gasteiger charge is 2.26. The Morgan fingerprint density at radius 2 is 2.37 bits per heavy atom. The maximum absolute atomic E-state index is 5.49. The van der Waals surface area contributed by atoms with Crippen molar-refractivity contribution in [3.05, 3.63) is 29.7 Å². The van der Waals surface area contributed by atoms with Gasteiger partial charge in [-0.05, 0) is 26.2 Å². The van der Waals surface area contributed by atoms with Crippen LogP contribution < -0.4 is 5.32 Å². The Labute approximate surface area is 113 Å². The molecule has 0 saturated heterocycles. The third kappa shape index (κ3) is 2.62. The van der Waals surface area contributed by atoms with Gasteiger partial charge in [-0.15, -0.1) is 0 Å². The highest BCUT2D eigenvalue weighted by atomic mass is 16.5. The minimum atomic E-state index is 0.351. The number of aromatic nitrogens is 3. The summed E-state index contributed by atoms with van der Waals surface area (Å²) in [4.78, 5) is 4.42. The maximum Gasteiger partial charge on any atom is 0.155 e. The summed E-state index contributed by atoms with van der Waals surface area (Å²) in [6.07, 6.45) is 7.90. The highest BCUT2D eigenvalue weighted by molar-refractivity contribution is 5.38. The SMILES string of the molecule is COC1CCCC1NCc1cnc2cc(C)nn2c1. The number of rotatable bonds is 4. The molecule has 5 heteroatoms.